The Bertz CT molecular complexity index is 634. The number of benzene rings is 1. The summed E-state index contributed by atoms with van der Waals surface area (Å²) in [6.07, 6.45) is 5.11. The smallest absolute Gasteiger partial charge is 0.238 e. The lowest BCUT2D eigenvalue weighted by molar-refractivity contribution is -0.123. The van der Waals surface area contributed by atoms with E-state index < -0.39 is 0 Å². The molecule has 1 N–H and O–H groups in total. The normalized spacial score (nSPS) is 34.1. The van der Waals surface area contributed by atoms with E-state index in [-0.39, 0.29) is 41.2 Å². The Balaban J connectivity index is 1.78. The van der Waals surface area contributed by atoms with Gasteiger partial charge < -0.3 is 5.11 Å². The van der Waals surface area contributed by atoms with Crippen LogP contribution >= 0.6 is 0 Å². The van der Waals surface area contributed by atoms with Crippen molar-refractivity contribution in [2.75, 3.05) is 4.90 Å². The van der Waals surface area contributed by atoms with Crippen LogP contribution in [0.2, 0.25) is 0 Å². The molecule has 1 saturated heterocycles. The summed E-state index contributed by atoms with van der Waals surface area (Å²) >= 11 is 0. The number of phenols is 1. The first kappa shape index (κ1) is 11.7. The summed E-state index contributed by atoms with van der Waals surface area (Å²) < 4.78 is 0. The molecule has 2 aliphatic carbocycles. The van der Waals surface area contributed by atoms with Gasteiger partial charge in [0.15, 0.2) is 0 Å². The van der Waals surface area contributed by atoms with E-state index in [4.69, 9.17) is 0 Å². The van der Waals surface area contributed by atoms with Gasteiger partial charge in [0, 0.05) is 0 Å². The quantitative estimate of drug-likeness (QED) is 0.626. The minimum atomic E-state index is -0.175. The molecule has 4 heteroatoms. The van der Waals surface area contributed by atoms with Gasteiger partial charge in [-0.05, 0) is 48.9 Å². The highest BCUT2D eigenvalue weighted by molar-refractivity contribution is 6.23. The van der Waals surface area contributed by atoms with Gasteiger partial charge in [-0.25, -0.2) is 4.90 Å². The molecule has 3 aliphatic rings. The lowest BCUT2D eigenvalue weighted by Gasteiger charge is -2.19. The second-order valence-electron chi connectivity index (χ2n) is 5.98. The number of aryl methyl sites for hydroxylation is 1. The number of hydrogen-bond donors (Lipinski definition) is 1. The zero-order chi connectivity index (χ0) is 14.0. The van der Waals surface area contributed by atoms with Gasteiger partial charge in [-0.2, -0.15) is 0 Å². The molecule has 2 fully saturated rings. The third-order valence-corrected chi connectivity index (χ3v) is 4.89. The summed E-state index contributed by atoms with van der Waals surface area (Å²) in [6, 6.07) is 4.75. The summed E-state index contributed by atoms with van der Waals surface area (Å²) in [5.41, 5.74) is 1.35. The van der Waals surface area contributed by atoms with Crippen LogP contribution < -0.4 is 4.90 Å². The van der Waals surface area contributed by atoms with Crippen molar-refractivity contribution in [1.29, 1.82) is 0 Å². The molecule has 2 bridgehead atoms. The Kier molecular flexibility index (Phi) is 2.18. The third-order valence-electron chi connectivity index (χ3n) is 4.89. The van der Waals surface area contributed by atoms with Crippen molar-refractivity contribution in [2.45, 2.75) is 13.3 Å². The van der Waals surface area contributed by atoms with Crippen molar-refractivity contribution in [2.24, 2.45) is 23.7 Å². The molecule has 102 valence electrons. The molecule has 0 aromatic heterocycles. The summed E-state index contributed by atoms with van der Waals surface area (Å²) in [4.78, 5) is 26.6. The fraction of sp³-hybridized carbons (Fsp3) is 0.375. The summed E-state index contributed by atoms with van der Waals surface area (Å²) in [6.45, 7) is 1.80. The summed E-state index contributed by atoms with van der Waals surface area (Å²) in [7, 11) is 0. The van der Waals surface area contributed by atoms with E-state index in [1.54, 1.807) is 19.1 Å². The number of anilines is 1. The predicted octanol–water partition coefficient (Wildman–Crippen LogP) is 2.01. The average Bonchev–Trinajstić information content (AvgIpc) is 3.06. The highest BCUT2D eigenvalue weighted by Crippen LogP contribution is 2.53. The van der Waals surface area contributed by atoms with Gasteiger partial charge in [0.2, 0.25) is 11.8 Å². The van der Waals surface area contributed by atoms with Crippen molar-refractivity contribution < 1.29 is 14.7 Å². The van der Waals surface area contributed by atoms with Crippen molar-refractivity contribution in [3.8, 4) is 5.75 Å². The maximum absolute atomic E-state index is 12.6. The second-order valence-corrected chi connectivity index (χ2v) is 5.98. The molecule has 1 heterocycles. The van der Waals surface area contributed by atoms with E-state index in [0.29, 0.717) is 5.69 Å². The van der Waals surface area contributed by atoms with E-state index in [1.165, 1.54) is 11.0 Å². The van der Waals surface area contributed by atoms with E-state index >= 15 is 0 Å². The first-order valence-electron chi connectivity index (χ1n) is 6.93. The minimum Gasteiger partial charge on any atom is -0.508 e. The Labute approximate surface area is 116 Å². The molecule has 0 radical (unpaired) electrons. The van der Waals surface area contributed by atoms with Crippen LogP contribution in [0.5, 0.6) is 5.75 Å². The summed E-state index contributed by atoms with van der Waals surface area (Å²) in [5.74, 6) is 0.0905. The molecule has 1 saturated carbocycles. The monoisotopic (exact) mass is 269 g/mol. The topological polar surface area (TPSA) is 57.6 Å². The van der Waals surface area contributed by atoms with Crippen LogP contribution in [0.3, 0.4) is 0 Å². The number of nitrogens with zero attached hydrogens (tertiary/aromatic N) is 1. The number of rotatable bonds is 1. The van der Waals surface area contributed by atoms with Gasteiger partial charge in [-0.3, -0.25) is 9.59 Å². The van der Waals surface area contributed by atoms with E-state index in [1.807, 2.05) is 0 Å². The maximum Gasteiger partial charge on any atom is 0.238 e. The number of hydrogen-bond acceptors (Lipinski definition) is 3. The fourth-order valence-corrected chi connectivity index (χ4v) is 4.03. The molecule has 0 spiro atoms. The van der Waals surface area contributed by atoms with Crippen LogP contribution in [0.1, 0.15) is 12.0 Å². The second kappa shape index (κ2) is 3.72. The van der Waals surface area contributed by atoms with Crippen LogP contribution in [-0.4, -0.2) is 16.9 Å². The van der Waals surface area contributed by atoms with Gasteiger partial charge in [0.25, 0.3) is 0 Å². The molecule has 4 rings (SSSR count). The molecule has 2 amide bonds. The Morgan fingerprint density at radius 2 is 1.70 bits per heavy atom. The van der Waals surface area contributed by atoms with Crippen molar-refractivity contribution in [1.82, 2.24) is 0 Å². The molecular weight excluding hydrogens is 254 g/mol. The lowest BCUT2D eigenvalue weighted by atomic mass is 9.85. The van der Waals surface area contributed by atoms with Gasteiger partial charge in [0.05, 0.1) is 17.5 Å². The van der Waals surface area contributed by atoms with Crippen molar-refractivity contribution in [3.05, 3.63) is 35.9 Å². The Hall–Kier alpha value is -2.10. The van der Waals surface area contributed by atoms with Crippen LogP contribution in [-0.2, 0) is 9.59 Å². The molecule has 1 aromatic carbocycles. The minimum absolute atomic E-state index is 0.0781. The number of allylic oxidation sites excluding steroid dienone is 2. The number of aromatic hydroxyl groups is 1. The number of imide groups is 1. The highest BCUT2D eigenvalue weighted by atomic mass is 16.3. The largest absolute Gasteiger partial charge is 0.508 e. The molecule has 4 nitrogen and oxygen atoms in total. The zero-order valence-corrected chi connectivity index (χ0v) is 11.1. The van der Waals surface area contributed by atoms with Crippen molar-refractivity contribution >= 4 is 17.5 Å². The number of carbonyl (C=O) groups is 2. The average molecular weight is 269 g/mol. The number of carbonyl (C=O) groups excluding carboxylic acids is 2. The van der Waals surface area contributed by atoms with E-state index in [0.717, 1.165) is 12.0 Å². The first-order chi connectivity index (χ1) is 9.58. The maximum atomic E-state index is 12.6. The standard InChI is InChI=1S/C16H15NO3/c1-8-6-11(18)4-5-12(8)17-15(19)13-9-2-3-10(7-9)14(13)16(17)20/h2-6,9-10,13-14,18H,7H2,1H3/t9-,10+,13-,14+. The van der Waals surface area contributed by atoms with Gasteiger partial charge in [-0.1, -0.05) is 12.2 Å². The van der Waals surface area contributed by atoms with Gasteiger partial charge in [-0.15, -0.1) is 0 Å². The fourth-order valence-electron chi connectivity index (χ4n) is 4.03. The number of fused-ring (bicyclic) bond motifs is 5. The van der Waals surface area contributed by atoms with Crippen LogP contribution in [0, 0.1) is 30.6 Å². The SMILES string of the molecule is Cc1cc(O)ccc1N1C(=O)[C@@H]2[C@H](C1=O)[C@@H]1C=C[C@H]2C1. The third kappa shape index (κ3) is 1.31. The number of amides is 2. The van der Waals surface area contributed by atoms with E-state index in [9.17, 15) is 14.7 Å². The lowest BCUT2D eigenvalue weighted by Crippen LogP contribution is -2.33. The molecular formula is C16H15NO3. The van der Waals surface area contributed by atoms with Crippen LogP contribution in [0.4, 0.5) is 5.69 Å². The summed E-state index contributed by atoms with van der Waals surface area (Å²) in [5, 5.41) is 9.47. The Morgan fingerprint density at radius 3 is 2.25 bits per heavy atom. The van der Waals surface area contributed by atoms with Crippen LogP contribution in [0.15, 0.2) is 30.4 Å². The highest BCUT2D eigenvalue weighted by Gasteiger charge is 2.59. The predicted molar refractivity (Wildman–Crippen MR) is 73.1 cm³/mol. The first-order valence-corrected chi connectivity index (χ1v) is 6.93. The molecule has 4 atom stereocenters. The molecule has 1 aromatic rings. The molecule has 20 heavy (non-hydrogen) atoms. The Morgan fingerprint density at radius 1 is 1.10 bits per heavy atom. The zero-order valence-electron chi connectivity index (χ0n) is 11.1. The number of phenolic OH excluding ortho intramolecular Hbond substituents is 1. The van der Waals surface area contributed by atoms with Crippen LogP contribution in [0.25, 0.3) is 0 Å². The van der Waals surface area contributed by atoms with E-state index in [2.05, 4.69) is 12.2 Å². The molecule has 0 unspecified atom stereocenters. The van der Waals surface area contributed by atoms with Gasteiger partial charge >= 0.3 is 0 Å². The van der Waals surface area contributed by atoms with Gasteiger partial charge in [0.1, 0.15) is 5.75 Å². The molecule has 1 aliphatic heterocycles. The van der Waals surface area contributed by atoms with Crippen molar-refractivity contribution in [3.63, 3.8) is 0 Å².